The van der Waals surface area contributed by atoms with Crippen molar-refractivity contribution >= 4 is 18.3 Å². The second-order valence-corrected chi connectivity index (χ2v) is 5.34. The van der Waals surface area contributed by atoms with Crippen molar-refractivity contribution in [1.82, 2.24) is 10.6 Å². The molecule has 0 heterocycles. The molecule has 1 amide bonds. The molecule has 0 bridgehead atoms. The minimum absolute atomic E-state index is 0. The van der Waals surface area contributed by atoms with Crippen LogP contribution in [0.3, 0.4) is 0 Å². The van der Waals surface area contributed by atoms with Crippen molar-refractivity contribution < 1.29 is 4.79 Å². The van der Waals surface area contributed by atoms with Gasteiger partial charge in [-0.2, -0.15) is 0 Å². The maximum absolute atomic E-state index is 11.6. The maximum Gasteiger partial charge on any atom is 0.233 e. The zero-order chi connectivity index (χ0) is 13.5. The number of hydrogen-bond donors (Lipinski definition) is 2. The van der Waals surface area contributed by atoms with Crippen molar-refractivity contribution in [3.05, 3.63) is 35.4 Å². The number of amides is 1. The Bertz CT molecular complexity index is 401. The Kier molecular flexibility index (Phi) is 7.63. The van der Waals surface area contributed by atoms with Crippen LogP contribution in [0.1, 0.15) is 30.9 Å². The van der Waals surface area contributed by atoms with Crippen LogP contribution in [-0.2, 0) is 17.6 Å². The van der Waals surface area contributed by atoms with Gasteiger partial charge in [0.05, 0.1) is 6.54 Å². The lowest BCUT2D eigenvalue weighted by Gasteiger charge is -2.07. The lowest BCUT2D eigenvalue weighted by Crippen LogP contribution is -2.35. The number of nitrogens with one attached hydrogen (secondary N) is 2. The summed E-state index contributed by atoms with van der Waals surface area (Å²) in [5, 5.41) is 6.15. The van der Waals surface area contributed by atoms with Crippen LogP contribution in [0.4, 0.5) is 0 Å². The van der Waals surface area contributed by atoms with Crippen molar-refractivity contribution in [3.8, 4) is 0 Å². The summed E-state index contributed by atoms with van der Waals surface area (Å²) in [6.45, 7) is 4.32. The topological polar surface area (TPSA) is 41.1 Å². The summed E-state index contributed by atoms with van der Waals surface area (Å²) in [6.07, 6.45) is 4.62. The van der Waals surface area contributed by atoms with E-state index in [9.17, 15) is 4.79 Å². The monoisotopic (exact) mass is 296 g/mol. The largest absolute Gasteiger partial charge is 0.355 e. The number of halogens is 1. The average Bonchev–Trinajstić information content (AvgIpc) is 3.24. The average molecular weight is 297 g/mol. The molecule has 1 aliphatic carbocycles. The van der Waals surface area contributed by atoms with Gasteiger partial charge in [-0.1, -0.05) is 31.2 Å². The first kappa shape index (κ1) is 17.0. The van der Waals surface area contributed by atoms with Crippen LogP contribution in [0, 0.1) is 5.92 Å². The van der Waals surface area contributed by atoms with E-state index in [4.69, 9.17) is 0 Å². The van der Waals surface area contributed by atoms with Gasteiger partial charge >= 0.3 is 0 Å². The molecule has 2 N–H and O–H groups in total. The minimum Gasteiger partial charge on any atom is -0.355 e. The molecule has 1 aromatic carbocycles. The van der Waals surface area contributed by atoms with Gasteiger partial charge in [-0.25, -0.2) is 0 Å². The summed E-state index contributed by atoms with van der Waals surface area (Å²) in [7, 11) is 0. The second-order valence-electron chi connectivity index (χ2n) is 5.34. The molecule has 3 nitrogen and oxygen atoms in total. The Morgan fingerprint density at radius 2 is 1.85 bits per heavy atom. The number of carbonyl (C=O) groups excluding carboxylic acids is 1. The number of aryl methyl sites for hydroxylation is 1. The first-order chi connectivity index (χ1) is 9.28. The van der Waals surface area contributed by atoms with Crippen molar-refractivity contribution in [1.29, 1.82) is 0 Å². The Hall–Kier alpha value is -1.06. The number of hydrogen-bond acceptors (Lipinski definition) is 2. The molecular formula is C16H25ClN2O. The van der Waals surface area contributed by atoms with E-state index in [2.05, 4.69) is 41.8 Å². The summed E-state index contributed by atoms with van der Waals surface area (Å²) in [5.74, 6) is 0.927. The quantitative estimate of drug-likeness (QED) is 0.773. The molecule has 0 saturated heterocycles. The Labute approximate surface area is 127 Å². The van der Waals surface area contributed by atoms with E-state index in [-0.39, 0.29) is 18.3 Å². The molecule has 1 aromatic rings. The molecule has 0 unspecified atom stereocenters. The van der Waals surface area contributed by atoms with Gasteiger partial charge < -0.3 is 10.6 Å². The summed E-state index contributed by atoms with van der Waals surface area (Å²) in [6, 6.07) is 8.62. The Balaban J connectivity index is 0.00000200. The first-order valence-electron chi connectivity index (χ1n) is 7.33. The molecule has 1 fully saturated rings. The molecule has 1 aliphatic rings. The highest BCUT2D eigenvalue weighted by molar-refractivity contribution is 5.85. The normalized spacial score (nSPS) is 13.7. The zero-order valence-electron chi connectivity index (χ0n) is 12.2. The number of benzene rings is 1. The third kappa shape index (κ3) is 6.40. The van der Waals surface area contributed by atoms with E-state index in [1.54, 1.807) is 0 Å². The lowest BCUT2D eigenvalue weighted by atomic mass is 10.1. The van der Waals surface area contributed by atoms with Gasteiger partial charge in [-0.15, -0.1) is 12.4 Å². The summed E-state index contributed by atoms with van der Waals surface area (Å²) < 4.78 is 0. The first-order valence-corrected chi connectivity index (χ1v) is 7.33. The molecule has 0 aliphatic heterocycles. The third-order valence-corrected chi connectivity index (χ3v) is 3.58. The molecule has 20 heavy (non-hydrogen) atoms. The van der Waals surface area contributed by atoms with Crippen molar-refractivity contribution in [3.63, 3.8) is 0 Å². The molecule has 112 valence electrons. The SMILES string of the molecule is CCc1ccc(CCNC(=O)CNCC2CC2)cc1.Cl. The smallest absolute Gasteiger partial charge is 0.233 e. The molecule has 0 radical (unpaired) electrons. The van der Waals surface area contributed by atoms with Gasteiger partial charge in [0.25, 0.3) is 0 Å². The molecule has 0 atom stereocenters. The van der Waals surface area contributed by atoms with Gasteiger partial charge in [0.15, 0.2) is 0 Å². The molecule has 2 rings (SSSR count). The molecular weight excluding hydrogens is 272 g/mol. The molecule has 4 heteroatoms. The summed E-state index contributed by atoms with van der Waals surface area (Å²) in [5.41, 5.74) is 2.64. The summed E-state index contributed by atoms with van der Waals surface area (Å²) in [4.78, 5) is 11.6. The summed E-state index contributed by atoms with van der Waals surface area (Å²) >= 11 is 0. The van der Waals surface area contributed by atoms with Crippen LogP contribution < -0.4 is 10.6 Å². The Morgan fingerprint density at radius 3 is 2.45 bits per heavy atom. The molecule has 1 saturated carbocycles. The highest BCUT2D eigenvalue weighted by Crippen LogP contribution is 2.27. The standard InChI is InChI=1S/C16H24N2O.ClH/c1-2-13-3-5-14(6-4-13)9-10-18-16(19)12-17-11-15-7-8-15;/h3-6,15,17H,2,7-12H2,1H3,(H,18,19);1H. The van der Waals surface area contributed by atoms with E-state index >= 15 is 0 Å². The van der Waals surface area contributed by atoms with Gasteiger partial charge in [-0.3, -0.25) is 4.79 Å². The van der Waals surface area contributed by atoms with Crippen LogP contribution >= 0.6 is 12.4 Å². The fourth-order valence-electron chi connectivity index (χ4n) is 2.06. The van der Waals surface area contributed by atoms with Crippen molar-refractivity contribution in [2.45, 2.75) is 32.6 Å². The highest BCUT2D eigenvalue weighted by Gasteiger charge is 2.20. The van der Waals surface area contributed by atoms with Gasteiger partial charge in [0.2, 0.25) is 5.91 Å². The lowest BCUT2D eigenvalue weighted by molar-refractivity contribution is -0.120. The minimum atomic E-state index is 0. The number of carbonyl (C=O) groups is 1. The molecule has 0 aromatic heterocycles. The zero-order valence-corrected chi connectivity index (χ0v) is 13.0. The van der Waals surface area contributed by atoms with Crippen molar-refractivity contribution in [2.24, 2.45) is 5.92 Å². The Morgan fingerprint density at radius 1 is 1.20 bits per heavy atom. The van der Waals surface area contributed by atoms with Crippen LogP contribution in [0.5, 0.6) is 0 Å². The van der Waals surface area contributed by atoms with Crippen LogP contribution in [0.2, 0.25) is 0 Å². The second kappa shape index (κ2) is 8.98. The molecule has 0 spiro atoms. The van der Waals surface area contributed by atoms with Crippen LogP contribution in [0.15, 0.2) is 24.3 Å². The van der Waals surface area contributed by atoms with E-state index in [0.29, 0.717) is 6.54 Å². The van der Waals surface area contributed by atoms with Crippen molar-refractivity contribution in [2.75, 3.05) is 19.6 Å². The van der Waals surface area contributed by atoms with Gasteiger partial charge in [0, 0.05) is 6.54 Å². The van der Waals surface area contributed by atoms with E-state index in [0.717, 1.165) is 31.8 Å². The van der Waals surface area contributed by atoms with Gasteiger partial charge in [-0.05, 0) is 49.3 Å². The fraction of sp³-hybridized carbons (Fsp3) is 0.562. The highest BCUT2D eigenvalue weighted by atomic mass is 35.5. The van der Waals surface area contributed by atoms with E-state index in [1.807, 2.05) is 0 Å². The van der Waals surface area contributed by atoms with E-state index < -0.39 is 0 Å². The fourth-order valence-corrected chi connectivity index (χ4v) is 2.06. The third-order valence-electron chi connectivity index (χ3n) is 3.58. The number of rotatable bonds is 8. The van der Waals surface area contributed by atoms with Crippen LogP contribution in [0.25, 0.3) is 0 Å². The maximum atomic E-state index is 11.6. The predicted octanol–water partition coefficient (Wildman–Crippen LogP) is 2.33. The van der Waals surface area contributed by atoms with Gasteiger partial charge in [0.1, 0.15) is 0 Å². The van der Waals surface area contributed by atoms with Crippen LogP contribution in [-0.4, -0.2) is 25.5 Å². The predicted molar refractivity (Wildman–Crippen MR) is 85.4 cm³/mol. The van der Waals surface area contributed by atoms with E-state index in [1.165, 1.54) is 24.0 Å².